The summed E-state index contributed by atoms with van der Waals surface area (Å²) in [4.78, 5) is 10.3. The largest absolute Gasteiger partial charge is 0.478 e. The van der Waals surface area contributed by atoms with Crippen LogP contribution in [0.15, 0.2) is 24.3 Å². The van der Waals surface area contributed by atoms with E-state index in [1.165, 1.54) is 25.0 Å². The molecule has 0 aliphatic carbocycles. The van der Waals surface area contributed by atoms with Crippen LogP contribution in [0.3, 0.4) is 0 Å². The van der Waals surface area contributed by atoms with Crippen molar-refractivity contribution < 1.29 is 14.6 Å². The molecule has 0 bridgehead atoms. The molecule has 1 saturated heterocycles. The second-order valence-corrected chi connectivity index (χ2v) is 5.58. The lowest BCUT2D eigenvalue weighted by molar-refractivity contribution is 0.0697. The van der Waals surface area contributed by atoms with Crippen molar-refractivity contribution in [1.82, 2.24) is 0 Å². The van der Waals surface area contributed by atoms with E-state index >= 15 is 0 Å². The minimum atomic E-state index is -0.931. The van der Waals surface area contributed by atoms with Gasteiger partial charge in [0.25, 0.3) is 0 Å². The van der Waals surface area contributed by atoms with Crippen molar-refractivity contribution in [3.63, 3.8) is 0 Å². The third-order valence-electron chi connectivity index (χ3n) is 2.75. The number of ether oxygens (including phenoxy) is 1. The van der Waals surface area contributed by atoms with Gasteiger partial charge in [-0.25, -0.2) is 4.79 Å². The second kappa shape index (κ2) is 9.63. The highest BCUT2D eigenvalue weighted by Gasteiger charge is 2.14. The average molecular weight is 298 g/mol. The van der Waals surface area contributed by atoms with Crippen LogP contribution in [0.2, 0.25) is 0 Å². The van der Waals surface area contributed by atoms with Gasteiger partial charge in [-0.1, -0.05) is 0 Å². The van der Waals surface area contributed by atoms with Crippen molar-refractivity contribution in [2.24, 2.45) is 5.73 Å². The molecule has 0 amide bonds. The molecule has 1 unspecified atom stereocenters. The Labute approximate surface area is 123 Å². The molecular formula is C14H22N2O3S. The van der Waals surface area contributed by atoms with Crippen molar-refractivity contribution in [2.75, 3.05) is 30.4 Å². The van der Waals surface area contributed by atoms with Crippen LogP contribution in [0.1, 0.15) is 23.2 Å². The van der Waals surface area contributed by atoms with Crippen LogP contribution in [0.4, 0.5) is 5.69 Å². The van der Waals surface area contributed by atoms with Gasteiger partial charge in [-0.15, -0.1) is 0 Å². The number of nitrogen functional groups attached to an aromatic ring is 1. The number of thioether (sulfide) groups is 1. The molecule has 5 N–H and O–H groups in total. The summed E-state index contributed by atoms with van der Waals surface area (Å²) in [7, 11) is 0. The number of aromatic carboxylic acids is 1. The normalized spacial score (nSPS) is 17.4. The Bertz CT molecular complexity index is 392. The van der Waals surface area contributed by atoms with E-state index in [9.17, 15) is 4.79 Å². The molecule has 1 heterocycles. The van der Waals surface area contributed by atoms with Gasteiger partial charge < -0.3 is 21.3 Å². The number of anilines is 1. The highest BCUT2D eigenvalue weighted by atomic mass is 32.2. The van der Waals surface area contributed by atoms with Crippen molar-refractivity contribution in [3.05, 3.63) is 29.8 Å². The van der Waals surface area contributed by atoms with Gasteiger partial charge in [0.2, 0.25) is 0 Å². The van der Waals surface area contributed by atoms with Crippen LogP contribution in [0, 0.1) is 0 Å². The van der Waals surface area contributed by atoms with Gasteiger partial charge in [0.1, 0.15) is 0 Å². The first-order valence-corrected chi connectivity index (χ1v) is 7.77. The highest BCUT2D eigenvalue weighted by Crippen LogP contribution is 2.16. The molecule has 0 aromatic heterocycles. The Morgan fingerprint density at radius 1 is 1.40 bits per heavy atom. The van der Waals surface area contributed by atoms with Crippen molar-refractivity contribution in [3.8, 4) is 0 Å². The third kappa shape index (κ3) is 6.79. The van der Waals surface area contributed by atoms with Gasteiger partial charge >= 0.3 is 5.97 Å². The van der Waals surface area contributed by atoms with Crippen molar-refractivity contribution in [2.45, 2.75) is 18.9 Å². The Morgan fingerprint density at radius 3 is 2.60 bits per heavy atom. The van der Waals surface area contributed by atoms with E-state index in [4.69, 9.17) is 21.3 Å². The first-order valence-electron chi connectivity index (χ1n) is 6.61. The number of carboxylic acid groups (broad SMARTS) is 1. The third-order valence-corrected chi connectivity index (χ3v) is 3.88. The summed E-state index contributed by atoms with van der Waals surface area (Å²) in [6.07, 6.45) is 3.02. The molecule has 1 fully saturated rings. The lowest BCUT2D eigenvalue weighted by Crippen LogP contribution is -2.10. The number of hydrogen-bond donors (Lipinski definition) is 3. The molecule has 1 aromatic carbocycles. The zero-order chi connectivity index (χ0) is 14.8. The second-order valence-electron chi connectivity index (χ2n) is 4.43. The minimum Gasteiger partial charge on any atom is -0.478 e. The van der Waals surface area contributed by atoms with Crippen LogP contribution < -0.4 is 11.5 Å². The topological polar surface area (TPSA) is 98.6 Å². The summed E-state index contributed by atoms with van der Waals surface area (Å²) >= 11 is 1.90. The highest BCUT2D eigenvalue weighted by molar-refractivity contribution is 7.99. The van der Waals surface area contributed by atoms with E-state index in [0.717, 1.165) is 24.7 Å². The van der Waals surface area contributed by atoms with Gasteiger partial charge in [0, 0.05) is 30.3 Å². The fourth-order valence-electron chi connectivity index (χ4n) is 1.70. The van der Waals surface area contributed by atoms with Crippen molar-refractivity contribution >= 4 is 23.4 Å². The Balaban J connectivity index is 0.000000200. The fourth-order valence-corrected chi connectivity index (χ4v) is 2.56. The monoisotopic (exact) mass is 298 g/mol. The number of carbonyl (C=O) groups is 1. The standard InChI is InChI=1S/C7H7NO2.C7H15NOS/c8-6-3-1-5(2-4-6)7(9)10;8-3-5-10-6-7-2-1-4-9-7/h1-4H,8H2,(H,9,10);7H,1-6,8H2. The summed E-state index contributed by atoms with van der Waals surface area (Å²) in [5.74, 6) is 1.27. The molecule has 6 heteroatoms. The first kappa shape index (κ1) is 16.8. The summed E-state index contributed by atoms with van der Waals surface area (Å²) in [5.41, 5.74) is 11.5. The lowest BCUT2D eigenvalue weighted by Gasteiger charge is -2.06. The molecule has 0 radical (unpaired) electrons. The Hall–Kier alpha value is -1.24. The lowest BCUT2D eigenvalue weighted by atomic mass is 10.2. The molecule has 0 saturated carbocycles. The summed E-state index contributed by atoms with van der Waals surface area (Å²) in [6, 6.07) is 6.06. The molecule has 112 valence electrons. The maximum atomic E-state index is 10.3. The molecular weight excluding hydrogens is 276 g/mol. The molecule has 2 rings (SSSR count). The summed E-state index contributed by atoms with van der Waals surface area (Å²) < 4.78 is 5.44. The zero-order valence-corrected chi connectivity index (χ0v) is 12.3. The smallest absolute Gasteiger partial charge is 0.335 e. The van der Waals surface area contributed by atoms with E-state index in [-0.39, 0.29) is 5.56 Å². The average Bonchev–Trinajstić information content (AvgIpc) is 2.93. The fraction of sp³-hybridized carbons (Fsp3) is 0.500. The van der Waals surface area contributed by atoms with Gasteiger partial charge in [-0.05, 0) is 37.1 Å². The van der Waals surface area contributed by atoms with E-state index in [0.29, 0.717) is 11.8 Å². The molecule has 1 aliphatic rings. The SMILES string of the molecule is NCCSCC1CCCO1.Nc1ccc(C(=O)O)cc1. The number of rotatable bonds is 5. The molecule has 0 spiro atoms. The van der Waals surface area contributed by atoms with Crippen molar-refractivity contribution in [1.29, 1.82) is 0 Å². The molecule has 5 nitrogen and oxygen atoms in total. The molecule has 1 atom stereocenters. The molecule has 20 heavy (non-hydrogen) atoms. The first-order chi connectivity index (χ1) is 9.63. The zero-order valence-electron chi connectivity index (χ0n) is 11.5. The van der Waals surface area contributed by atoms with Crippen LogP contribution >= 0.6 is 11.8 Å². The quantitative estimate of drug-likeness (QED) is 0.566. The summed E-state index contributed by atoms with van der Waals surface area (Å²) in [6.45, 7) is 1.76. The Morgan fingerprint density at radius 2 is 2.10 bits per heavy atom. The van der Waals surface area contributed by atoms with Crippen LogP contribution in [0.5, 0.6) is 0 Å². The van der Waals surface area contributed by atoms with E-state index < -0.39 is 5.97 Å². The summed E-state index contributed by atoms with van der Waals surface area (Å²) in [5, 5.41) is 8.43. The predicted octanol–water partition coefficient (Wildman–Crippen LogP) is 1.82. The van der Waals surface area contributed by atoms with E-state index in [1.54, 1.807) is 12.1 Å². The van der Waals surface area contributed by atoms with Gasteiger partial charge in [0.05, 0.1) is 11.7 Å². The maximum absolute atomic E-state index is 10.3. The van der Waals surface area contributed by atoms with Crippen LogP contribution in [0.25, 0.3) is 0 Å². The predicted molar refractivity (Wildman–Crippen MR) is 83.2 cm³/mol. The molecule has 1 aliphatic heterocycles. The van der Waals surface area contributed by atoms with E-state index in [2.05, 4.69) is 0 Å². The number of benzene rings is 1. The van der Waals surface area contributed by atoms with E-state index in [1.807, 2.05) is 11.8 Å². The number of carboxylic acids is 1. The van der Waals surface area contributed by atoms with Gasteiger partial charge in [0.15, 0.2) is 0 Å². The Kier molecular flexibility index (Phi) is 8.10. The number of nitrogens with two attached hydrogens (primary N) is 2. The van der Waals surface area contributed by atoms with Crippen LogP contribution in [-0.4, -0.2) is 41.8 Å². The molecule has 1 aromatic rings. The van der Waals surface area contributed by atoms with Gasteiger partial charge in [-0.2, -0.15) is 11.8 Å². The minimum absolute atomic E-state index is 0.259. The number of hydrogen-bond acceptors (Lipinski definition) is 5. The van der Waals surface area contributed by atoms with Gasteiger partial charge in [-0.3, -0.25) is 0 Å². The van der Waals surface area contributed by atoms with Crippen LogP contribution in [-0.2, 0) is 4.74 Å². The maximum Gasteiger partial charge on any atom is 0.335 e.